The fourth-order valence-electron chi connectivity index (χ4n) is 2.49. The van der Waals surface area contributed by atoms with Gasteiger partial charge in [-0.15, -0.1) is 0 Å². The first kappa shape index (κ1) is 16.4. The molecule has 3 rings (SSSR count). The van der Waals surface area contributed by atoms with Gasteiger partial charge in [-0.1, -0.05) is 12.2 Å². The van der Waals surface area contributed by atoms with Crippen LogP contribution in [0.15, 0.2) is 35.2 Å². The molecule has 0 radical (unpaired) electrons. The predicted octanol–water partition coefficient (Wildman–Crippen LogP) is 3.11. The molecule has 1 heterocycles. The average Bonchev–Trinajstić information content (AvgIpc) is 2.70. The minimum atomic E-state index is -3.63. The van der Waals surface area contributed by atoms with Crippen molar-refractivity contribution < 1.29 is 17.5 Å². The van der Waals surface area contributed by atoms with Crippen LogP contribution >= 0.6 is 12.2 Å². The number of ether oxygens (including phenoxy) is 1. The van der Waals surface area contributed by atoms with Crippen LogP contribution in [-0.2, 0) is 10.0 Å². The highest BCUT2D eigenvalue weighted by Gasteiger charge is 2.37. The molecule has 24 heavy (non-hydrogen) atoms. The van der Waals surface area contributed by atoms with Crippen molar-refractivity contribution in [1.29, 1.82) is 5.26 Å². The molecule has 0 bridgehead atoms. The van der Waals surface area contributed by atoms with E-state index in [-0.39, 0.29) is 21.2 Å². The first-order chi connectivity index (χ1) is 11.3. The summed E-state index contributed by atoms with van der Waals surface area (Å²) in [6, 6.07) is 8.39. The molecule has 0 unspecified atom stereocenters. The lowest BCUT2D eigenvalue weighted by molar-refractivity contribution is 0.472. The van der Waals surface area contributed by atoms with Gasteiger partial charge in [0.25, 0.3) is 10.0 Å². The second kappa shape index (κ2) is 5.54. The Morgan fingerprint density at radius 3 is 2.67 bits per heavy atom. The number of benzene rings is 2. The zero-order valence-corrected chi connectivity index (χ0v) is 14.3. The topological polar surface area (TPSA) is 70.4 Å². The quantitative estimate of drug-likeness (QED) is 0.768. The summed E-state index contributed by atoms with van der Waals surface area (Å²) in [5.41, 5.74) is 1.07. The lowest BCUT2D eigenvalue weighted by atomic mass is 10.1. The molecule has 2 aromatic rings. The lowest BCUT2D eigenvalue weighted by Crippen LogP contribution is -2.24. The SMILES string of the molecule is Cc1c(Oc2cc(F)cc(C#N)c2)ccc2c1C(=S)N(C)S2(=O)=O. The Kier molecular flexibility index (Phi) is 3.78. The standard InChI is InChI=1S/C16H11FN2O3S2/c1-9-13(22-12-6-10(8-18)5-11(17)7-12)3-4-14-15(9)16(23)19(2)24(14,20)21/h3-7H,1-2H3. The second-order valence-corrected chi connectivity index (χ2v) is 7.55. The fourth-order valence-corrected chi connectivity index (χ4v) is 4.46. The van der Waals surface area contributed by atoms with E-state index in [1.54, 1.807) is 6.92 Å². The van der Waals surface area contributed by atoms with Crippen LogP contribution in [0, 0.1) is 24.1 Å². The molecule has 8 heteroatoms. The van der Waals surface area contributed by atoms with Crippen molar-refractivity contribution in [2.75, 3.05) is 7.05 Å². The Labute approximate surface area is 143 Å². The third-order valence-electron chi connectivity index (χ3n) is 3.74. The van der Waals surface area contributed by atoms with Crippen molar-refractivity contribution in [2.24, 2.45) is 0 Å². The zero-order valence-electron chi connectivity index (χ0n) is 12.7. The van der Waals surface area contributed by atoms with Crippen LogP contribution in [0.1, 0.15) is 16.7 Å². The number of rotatable bonds is 2. The summed E-state index contributed by atoms with van der Waals surface area (Å²) in [7, 11) is -2.24. The van der Waals surface area contributed by atoms with Crippen LogP contribution in [0.3, 0.4) is 0 Å². The third-order valence-corrected chi connectivity index (χ3v) is 6.14. The molecule has 0 atom stereocenters. The number of thiocarbonyl (C=S) groups is 1. The summed E-state index contributed by atoms with van der Waals surface area (Å²) in [4.78, 5) is 0.307. The minimum absolute atomic E-state index is 0.122. The number of hydrogen-bond acceptors (Lipinski definition) is 5. The molecular formula is C16H11FN2O3S2. The molecule has 0 aliphatic carbocycles. The van der Waals surface area contributed by atoms with Gasteiger partial charge in [-0.3, -0.25) is 4.31 Å². The van der Waals surface area contributed by atoms with Crippen molar-refractivity contribution in [3.8, 4) is 17.6 Å². The van der Waals surface area contributed by atoms with Gasteiger partial charge in [0.05, 0.1) is 16.5 Å². The maximum atomic E-state index is 13.5. The van der Waals surface area contributed by atoms with Crippen LogP contribution in [0.2, 0.25) is 0 Å². The van der Waals surface area contributed by atoms with Crippen LogP contribution in [0.4, 0.5) is 4.39 Å². The van der Waals surface area contributed by atoms with Gasteiger partial charge in [0.15, 0.2) is 0 Å². The number of hydrogen-bond donors (Lipinski definition) is 0. The number of nitrogens with zero attached hydrogens (tertiary/aromatic N) is 2. The van der Waals surface area contributed by atoms with E-state index in [2.05, 4.69) is 0 Å². The van der Waals surface area contributed by atoms with Crippen LogP contribution in [0.5, 0.6) is 11.5 Å². The molecule has 1 aliphatic rings. The summed E-state index contributed by atoms with van der Waals surface area (Å²) in [6.45, 7) is 1.68. The molecular weight excluding hydrogens is 351 g/mol. The van der Waals surface area contributed by atoms with E-state index < -0.39 is 15.8 Å². The van der Waals surface area contributed by atoms with Crippen LogP contribution in [0.25, 0.3) is 0 Å². The van der Waals surface area contributed by atoms with Crippen molar-refractivity contribution in [2.45, 2.75) is 11.8 Å². The number of sulfonamides is 1. The molecule has 0 fully saturated rings. The Bertz CT molecular complexity index is 1030. The maximum absolute atomic E-state index is 13.5. The van der Waals surface area contributed by atoms with E-state index in [1.807, 2.05) is 6.07 Å². The van der Waals surface area contributed by atoms with E-state index in [1.165, 1.54) is 25.2 Å². The molecule has 0 saturated heterocycles. The largest absolute Gasteiger partial charge is 0.457 e. The highest BCUT2D eigenvalue weighted by atomic mass is 32.2. The van der Waals surface area contributed by atoms with Crippen molar-refractivity contribution in [3.63, 3.8) is 0 Å². The van der Waals surface area contributed by atoms with E-state index in [9.17, 15) is 12.8 Å². The van der Waals surface area contributed by atoms with Gasteiger partial charge < -0.3 is 4.74 Å². The average molecular weight is 362 g/mol. The summed E-state index contributed by atoms with van der Waals surface area (Å²) in [6.07, 6.45) is 0. The van der Waals surface area contributed by atoms with Gasteiger partial charge in [0.2, 0.25) is 0 Å². The second-order valence-electron chi connectivity index (χ2n) is 5.23. The Hall–Kier alpha value is -2.50. The van der Waals surface area contributed by atoms with Gasteiger partial charge in [0.1, 0.15) is 22.3 Å². The molecule has 0 amide bonds. The monoisotopic (exact) mass is 362 g/mol. The fraction of sp³-hybridized carbons (Fsp3) is 0.125. The van der Waals surface area contributed by atoms with Crippen LogP contribution in [-0.4, -0.2) is 24.8 Å². The predicted molar refractivity (Wildman–Crippen MR) is 89.0 cm³/mol. The molecule has 2 aromatic carbocycles. The van der Waals surface area contributed by atoms with Gasteiger partial charge in [-0.05, 0) is 31.2 Å². The molecule has 122 valence electrons. The van der Waals surface area contributed by atoms with E-state index in [0.29, 0.717) is 16.9 Å². The summed E-state index contributed by atoms with van der Waals surface area (Å²) in [5, 5.41) is 8.89. The van der Waals surface area contributed by atoms with Gasteiger partial charge >= 0.3 is 0 Å². The van der Waals surface area contributed by atoms with E-state index in [4.69, 9.17) is 22.2 Å². The van der Waals surface area contributed by atoms with Gasteiger partial charge in [0, 0.05) is 24.2 Å². The van der Waals surface area contributed by atoms with Crippen molar-refractivity contribution >= 4 is 27.2 Å². The Morgan fingerprint density at radius 2 is 2.00 bits per heavy atom. The van der Waals surface area contributed by atoms with E-state index in [0.717, 1.165) is 16.4 Å². The smallest absolute Gasteiger partial charge is 0.265 e. The lowest BCUT2D eigenvalue weighted by Gasteiger charge is -2.12. The van der Waals surface area contributed by atoms with E-state index >= 15 is 0 Å². The first-order valence-electron chi connectivity index (χ1n) is 6.81. The highest BCUT2D eigenvalue weighted by molar-refractivity contribution is 7.92. The maximum Gasteiger partial charge on any atom is 0.265 e. The Balaban J connectivity index is 2.09. The minimum Gasteiger partial charge on any atom is -0.457 e. The molecule has 0 spiro atoms. The third kappa shape index (κ3) is 2.42. The Morgan fingerprint density at radius 1 is 1.29 bits per heavy atom. The number of nitriles is 1. The first-order valence-corrected chi connectivity index (χ1v) is 8.66. The normalized spacial score (nSPS) is 15.1. The van der Waals surface area contributed by atoms with Crippen molar-refractivity contribution in [1.82, 2.24) is 4.31 Å². The molecule has 0 aromatic heterocycles. The van der Waals surface area contributed by atoms with Crippen molar-refractivity contribution in [3.05, 3.63) is 52.8 Å². The van der Waals surface area contributed by atoms with Crippen LogP contribution < -0.4 is 4.74 Å². The van der Waals surface area contributed by atoms with Gasteiger partial charge in [-0.2, -0.15) is 5.26 Å². The molecule has 1 aliphatic heterocycles. The number of fused-ring (bicyclic) bond motifs is 1. The summed E-state index contributed by atoms with van der Waals surface area (Å²) < 4.78 is 44.7. The summed E-state index contributed by atoms with van der Waals surface area (Å²) in [5.74, 6) is -0.105. The molecule has 0 N–H and O–H groups in total. The highest BCUT2D eigenvalue weighted by Crippen LogP contribution is 2.37. The summed E-state index contributed by atoms with van der Waals surface area (Å²) >= 11 is 5.21. The number of halogens is 1. The zero-order chi connectivity index (χ0) is 17.6. The molecule has 5 nitrogen and oxygen atoms in total. The van der Waals surface area contributed by atoms with Gasteiger partial charge in [-0.25, -0.2) is 12.8 Å². The molecule has 0 saturated carbocycles.